The van der Waals surface area contributed by atoms with Crippen LogP contribution in [0.4, 0.5) is 5.69 Å². The number of aliphatic hydroxyl groups is 1. The second kappa shape index (κ2) is 9.89. The lowest BCUT2D eigenvalue weighted by atomic mass is 9.73. The van der Waals surface area contributed by atoms with E-state index in [9.17, 15) is 19.5 Å². The Bertz CT molecular complexity index is 1150. The average molecular weight is 529 g/mol. The summed E-state index contributed by atoms with van der Waals surface area (Å²) >= 11 is 6.49. The number of esters is 1. The lowest BCUT2D eigenvalue weighted by molar-refractivity contribution is -0.161. The Labute approximate surface area is 221 Å². The highest BCUT2D eigenvalue weighted by molar-refractivity contribution is 6.34. The molecular formula is C28H33ClN2O6. The van der Waals surface area contributed by atoms with Crippen molar-refractivity contribution in [2.24, 2.45) is 11.8 Å². The standard InChI is InChI=1S/C28H33ClN2O6/c1-3-18(17-32)31-23-25(34)30(20-12-7-6-11-19(20)29)15-10-14-28(23)21(24(31)33)22-26(35)36-16-9-5-8-13-27(22,4-2)37-28/h6-8,10-14,18,21-23,32H,3-5,9,15-17H2,1-2H3/b13-8-/t18-,21-,22+,23?,27-,28-/m0/s1. The molecule has 1 aromatic carbocycles. The number of cyclic esters (lactones) is 1. The summed E-state index contributed by atoms with van der Waals surface area (Å²) in [6.45, 7) is 3.92. The number of carbonyl (C=O) groups excluding carboxylic acids is 3. The summed E-state index contributed by atoms with van der Waals surface area (Å²) in [4.78, 5) is 45.3. The zero-order valence-electron chi connectivity index (χ0n) is 21.1. The highest BCUT2D eigenvalue weighted by Gasteiger charge is 2.75. The molecule has 0 aliphatic carbocycles. The maximum atomic E-state index is 14.4. The third-order valence-electron chi connectivity index (χ3n) is 8.29. The van der Waals surface area contributed by atoms with Crippen LogP contribution in [-0.2, 0) is 23.9 Å². The maximum Gasteiger partial charge on any atom is 0.313 e. The Balaban J connectivity index is 1.71. The zero-order valence-corrected chi connectivity index (χ0v) is 21.9. The molecule has 0 aromatic heterocycles. The van der Waals surface area contributed by atoms with E-state index in [2.05, 4.69) is 0 Å². The molecule has 37 heavy (non-hydrogen) atoms. The molecule has 8 nitrogen and oxygen atoms in total. The number of halogens is 1. The number of benzene rings is 1. The quantitative estimate of drug-likeness (QED) is 0.465. The van der Waals surface area contributed by atoms with E-state index in [1.807, 2.05) is 32.1 Å². The first-order chi connectivity index (χ1) is 17.8. The maximum absolute atomic E-state index is 14.4. The number of fused-ring (bicyclic) bond motifs is 2. The molecular weight excluding hydrogens is 496 g/mol. The van der Waals surface area contributed by atoms with Gasteiger partial charge in [0.05, 0.1) is 35.9 Å². The molecule has 5 rings (SSSR count). The molecule has 2 amide bonds. The van der Waals surface area contributed by atoms with Crippen LogP contribution in [0, 0.1) is 11.8 Å². The summed E-state index contributed by atoms with van der Waals surface area (Å²) in [5.74, 6) is -3.13. The smallest absolute Gasteiger partial charge is 0.313 e. The van der Waals surface area contributed by atoms with Crippen LogP contribution < -0.4 is 4.90 Å². The van der Waals surface area contributed by atoms with Crippen LogP contribution in [0.3, 0.4) is 0 Å². The van der Waals surface area contributed by atoms with Crippen molar-refractivity contribution < 1.29 is 29.0 Å². The van der Waals surface area contributed by atoms with Gasteiger partial charge < -0.3 is 24.4 Å². The van der Waals surface area contributed by atoms with Gasteiger partial charge in [0.2, 0.25) is 5.91 Å². The number of carbonyl (C=O) groups is 3. The third-order valence-corrected chi connectivity index (χ3v) is 8.61. The minimum Gasteiger partial charge on any atom is -0.465 e. The minimum atomic E-state index is -1.41. The molecule has 0 saturated carbocycles. The summed E-state index contributed by atoms with van der Waals surface area (Å²) in [5, 5.41) is 10.6. The van der Waals surface area contributed by atoms with Gasteiger partial charge in [-0.1, -0.05) is 61.9 Å². The third kappa shape index (κ3) is 3.83. The first-order valence-corrected chi connectivity index (χ1v) is 13.4. The fraction of sp³-hybridized carbons (Fsp3) is 0.536. The van der Waals surface area contributed by atoms with E-state index in [1.54, 1.807) is 35.2 Å². The van der Waals surface area contributed by atoms with Crippen LogP contribution in [0.25, 0.3) is 0 Å². The van der Waals surface area contributed by atoms with Crippen molar-refractivity contribution in [2.75, 3.05) is 24.7 Å². The first-order valence-electron chi connectivity index (χ1n) is 13.1. The molecule has 198 valence electrons. The van der Waals surface area contributed by atoms with Crippen LogP contribution in [-0.4, -0.2) is 70.8 Å². The van der Waals surface area contributed by atoms with E-state index in [0.717, 1.165) is 0 Å². The van der Waals surface area contributed by atoms with Crippen LogP contribution in [0.5, 0.6) is 0 Å². The molecule has 1 unspecified atom stereocenters. The Morgan fingerprint density at radius 3 is 2.59 bits per heavy atom. The number of rotatable bonds is 5. The van der Waals surface area contributed by atoms with Crippen molar-refractivity contribution >= 4 is 35.1 Å². The van der Waals surface area contributed by atoms with Crippen molar-refractivity contribution in [3.8, 4) is 0 Å². The van der Waals surface area contributed by atoms with Gasteiger partial charge in [-0.3, -0.25) is 14.4 Å². The number of amides is 2. The van der Waals surface area contributed by atoms with E-state index < -0.39 is 41.1 Å². The second-order valence-corrected chi connectivity index (χ2v) is 10.5. The van der Waals surface area contributed by atoms with Gasteiger partial charge in [0.1, 0.15) is 23.2 Å². The summed E-state index contributed by atoms with van der Waals surface area (Å²) < 4.78 is 12.5. The number of para-hydroxylation sites is 1. The topological polar surface area (TPSA) is 96.4 Å². The van der Waals surface area contributed by atoms with Gasteiger partial charge in [-0.2, -0.15) is 0 Å². The fourth-order valence-corrected chi connectivity index (χ4v) is 6.75. The molecule has 4 aliphatic rings. The van der Waals surface area contributed by atoms with Gasteiger partial charge in [0.15, 0.2) is 0 Å². The predicted octanol–water partition coefficient (Wildman–Crippen LogP) is 3.27. The lowest BCUT2D eigenvalue weighted by Gasteiger charge is -2.40. The van der Waals surface area contributed by atoms with Crippen molar-refractivity contribution in [3.05, 3.63) is 53.6 Å². The summed E-state index contributed by atoms with van der Waals surface area (Å²) in [6.07, 6.45) is 9.72. The largest absolute Gasteiger partial charge is 0.465 e. The van der Waals surface area contributed by atoms with Gasteiger partial charge in [-0.25, -0.2) is 0 Å². The number of ether oxygens (including phenoxy) is 2. The first kappa shape index (κ1) is 25.9. The molecule has 1 spiro atoms. The Kier molecular flexibility index (Phi) is 6.94. The molecule has 6 atom stereocenters. The monoisotopic (exact) mass is 528 g/mol. The summed E-state index contributed by atoms with van der Waals surface area (Å²) in [6, 6.07) is 5.35. The minimum absolute atomic E-state index is 0.221. The van der Waals surface area contributed by atoms with Crippen LogP contribution in [0.2, 0.25) is 5.02 Å². The van der Waals surface area contributed by atoms with E-state index in [0.29, 0.717) is 36.4 Å². The molecule has 2 fully saturated rings. The summed E-state index contributed by atoms with van der Waals surface area (Å²) in [7, 11) is 0. The van der Waals surface area contributed by atoms with E-state index in [4.69, 9.17) is 21.1 Å². The zero-order chi connectivity index (χ0) is 26.4. The number of aliphatic hydroxyl groups excluding tert-OH is 1. The van der Waals surface area contributed by atoms with Crippen LogP contribution >= 0.6 is 11.6 Å². The fourth-order valence-electron chi connectivity index (χ4n) is 6.51. The summed E-state index contributed by atoms with van der Waals surface area (Å²) in [5.41, 5.74) is -1.98. The number of likely N-dealkylation sites (tertiary alicyclic amines) is 1. The lowest BCUT2D eigenvalue weighted by Crippen LogP contribution is -2.59. The highest BCUT2D eigenvalue weighted by atomic mass is 35.5. The molecule has 0 radical (unpaired) electrons. The highest BCUT2D eigenvalue weighted by Crippen LogP contribution is 2.58. The number of hydrogen-bond donors (Lipinski definition) is 1. The second-order valence-electron chi connectivity index (χ2n) is 10.1. The van der Waals surface area contributed by atoms with Crippen LogP contribution in [0.15, 0.2) is 48.6 Å². The van der Waals surface area contributed by atoms with Gasteiger partial charge in [-0.05, 0) is 37.8 Å². The number of allylic oxidation sites excluding steroid dienone is 1. The molecule has 1 aromatic rings. The van der Waals surface area contributed by atoms with Gasteiger partial charge in [0, 0.05) is 6.54 Å². The Morgan fingerprint density at radius 1 is 1.11 bits per heavy atom. The average Bonchev–Trinajstić information content (AvgIpc) is 3.27. The molecule has 4 aliphatic heterocycles. The van der Waals surface area contributed by atoms with Gasteiger partial charge in [-0.15, -0.1) is 0 Å². The molecule has 2 saturated heterocycles. The van der Waals surface area contributed by atoms with Gasteiger partial charge >= 0.3 is 5.97 Å². The number of anilines is 1. The normalized spacial score (nSPS) is 35.0. The Morgan fingerprint density at radius 2 is 1.89 bits per heavy atom. The molecule has 0 bridgehead atoms. The molecule has 9 heteroatoms. The van der Waals surface area contributed by atoms with Crippen molar-refractivity contribution in [1.29, 1.82) is 0 Å². The molecule has 4 heterocycles. The van der Waals surface area contributed by atoms with Gasteiger partial charge in [0.25, 0.3) is 5.91 Å². The van der Waals surface area contributed by atoms with Crippen molar-refractivity contribution in [1.82, 2.24) is 4.90 Å². The van der Waals surface area contributed by atoms with Crippen LogP contribution in [0.1, 0.15) is 39.5 Å². The van der Waals surface area contributed by atoms with E-state index in [1.165, 1.54) is 4.90 Å². The van der Waals surface area contributed by atoms with E-state index in [-0.39, 0.29) is 31.6 Å². The SMILES string of the molecule is CC[C@@H](CO)N1C(=O)[C@@H]2[C@@H]3C(=O)OCCC/C=C\[C@]3(CC)O[C@@]23C=CCN(c2ccccc2Cl)C(=O)C13. The Hall–Kier alpha value is -2.68. The number of nitrogens with zero attached hydrogens (tertiary/aromatic N) is 2. The molecule has 1 N–H and O–H groups in total. The van der Waals surface area contributed by atoms with Crippen molar-refractivity contribution in [3.63, 3.8) is 0 Å². The predicted molar refractivity (Wildman–Crippen MR) is 138 cm³/mol. The van der Waals surface area contributed by atoms with E-state index >= 15 is 0 Å². The number of hydrogen-bond acceptors (Lipinski definition) is 6. The van der Waals surface area contributed by atoms with Crippen molar-refractivity contribution in [2.45, 2.75) is 62.8 Å².